The summed E-state index contributed by atoms with van der Waals surface area (Å²) < 4.78 is 14.1. The molecule has 0 aliphatic carbocycles. The highest BCUT2D eigenvalue weighted by Crippen LogP contribution is 2.28. The minimum Gasteiger partial charge on any atom is -0.356 e. The molecule has 0 aliphatic heterocycles. The van der Waals surface area contributed by atoms with E-state index in [1.807, 2.05) is 44.2 Å². The maximum atomic E-state index is 14.1. The molecule has 4 aromatic rings. The Kier molecular flexibility index (Phi) is 6.27. The van der Waals surface area contributed by atoms with Crippen molar-refractivity contribution in [3.63, 3.8) is 0 Å². The zero-order chi connectivity index (χ0) is 23.5. The molecule has 0 saturated heterocycles. The SMILES string of the molecule is CNC(=O)c1cccc(-c2ccc(C(=O)NCCc3c(C)[nH]c4c(F)ccc(C)c34)cc2)c1. The highest BCUT2D eigenvalue weighted by atomic mass is 19.1. The lowest BCUT2D eigenvalue weighted by atomic mass is 10.0. The molecular formula is C27H26FN3O2. The van der Waals surface area contributed by atoms with Gasteiger partial charge in [-0.2, -0.15) is 0 Å². The highest BCUT2D eigenvalue weighted by molar-refractivity contribution is 5.96. The lowest BCUT2D eigenvalue weighted by molar-refractivity contribution is 0.0949. The topological polar surface area (TPSA) is 74.0 Å². The minimum absolute atomic E-state index is 0.142. The largest absolute Gasteiger partial charge is 0.356 e. The fraction of sp³-hybridized carbons (Fsp3) is 0.185. The number of fused-ring (bicyclic) bond motifs is 1. The molecule has 2 amide bonds. The Bertz CT molecular complexity index is 1340. The molecule has 0 radical (unpaired) electrons. The summed E-state index contributed by atoms with van der Waals surface area (Å²) >= 11 is 0. The van der Waals surface area contributed by atoms with Crippen molar-refractivity contribution in [1.82, 2.24) is 15.6 Å². The first kappa shape index (κ1) is 22.3. The number of carbonyl (C=O) groups excluding carboxylic acids is 2. The molecule has 6 heteroatoms. The van der Waals surface area contributed by atoms with Crippen molar-refractivity contribution >= 4 is 22.7 Å². The number of rotatable bonds is 6. The van der Waals surface area contributed by atoms with Crippen LogP contribution >= 0.6 is 0 Å². The van der Waals surface area contributed by atoms with Crippen molar-refractivity contribution in [2.45, 2.75) is 20.3 Å². The Morgan fingerprint density at radius 1 is 0.909 bits per heavy atom. The van der Waals surface area contributed by atoms with E-state index in [4.69, 9.17) is 0 Å². The molecule has 3 N–H and O–H groups in total. The second kappa shape index (κ2) is 9.28. The molecule has 0 bridgehead atoms. The number of aromatic nitrogens is 1. The van der Waals surface area contributed by atoms with Gasteiger partial charge in [0.1, 0.15) is 5.82 Å². The van der Waals surface area contributed by atoms with Crippen LogP contribution in [0.25, 0.3) is 22.0 Å². The molecule has 0 aliphatic rings. The van der Waals surface area contributed by atoms with Gasteiger partial charge in [0.05, 0.1) is 5.52 Å². The average molecular weight is 444 g/mol. The van der Waals surface area contributed by atoms with Crippen LogP contribution in [0, 0.1) is 19.7 Å². The van der Waals surface area contributed by atoms with Gasteiger partial charge in [-0.1, -0.05) is 30.3 Å². The summed E-state index contributed by atoms with van der Waals surface area (Å²) in [5.74, 6) is -0.577. The molecule has 168 valence electrons. The third kappa shape index (κ3) is 4.51. The highest BCUT2D eigenvalue weighted by Gasteiger charge is 2.14. The molecule has 1 aromatic heterocycles. The predicted molar refractivity (Wildman–Crippen MR) is 129 cm³/mol. The molecule has 0 spiro atoms. The summed E-state index contributed by atoms with van der Waals surface area (Å²) in [4.78, 5) is 27.6. The van der Waals surface area contributed by atoms with Gasteiger partial charge in [-0.25, -0.2) is 4.39 Å². The Balaban J connectivity index is 1.43. The van der Waals surface area contributed by atoms with Crippen LogP contribution in [0.1, 0.15) is 37.5 Å². The standard InChI is InChI=1S/C27H26FN3O2/c1-16-7-12-23(28)25-24(16)22(17(2)31-25)13-14-30-27(33)19-10-8-18(9-11-19)20-5-4-6-21(15-20)26(32)29-3/h4-12,15,31H,13-14H2,1-3H3,(H,29,32)(H,30,33). The van der Waals surface area contributed by atoms with Crippen molar-refractivity contribution in [2.24, 2.45) is 0 Å². The van der Waals surface area contributed by atoms with E-state index in [1.54, 1.807) is 31.3 Å². The van der Waals surface area contributed by atoms with Crippen molar-refractivity contribution in [3.8, 4) is 11.1 Å². The summed E-state index contributed by atoms with van der Waals surface area (Å²) in [5, 5.41) is 6.47. The Hall–Kier alpha value is -3.93. The summed E-state index contributed by atoms with van der Waals surface area (Å²) in [6.45, 7) is 4.33. The van der Waals surface area contributed by atoms with Crippen LogP contribution in [0.3, 0.4) is 0 Å². The van der Waals surface area contributed by atoms with Gasteiger partial charge in [0.15, 0.2) is 0 Å². The van der Waals surface area contributed by atoms with Crippen LogP contribution in [0.2, 0.25) is 0 Å². The van der Waals surface area contributed by atoms with E-state index in [-0.39, 0.29) is 17.6 Å². The molecule has 1 heterocycles. The Morgan fingerprint density at radius 2 is 1.67 bits per heavy atom. The molecule has 3 aromatic carbocycles. The maximum absolute atomic E-state index is 14.1. The first-order chi connectivity index (χ1) is 15.9. The van der Waals surface area contributed by atoms with Crippen molar-refractivity contribution in [1.29, 1.82) is 0 Å². The number of aryl methyl sites for hydroxylation is 2. The van der Waals surface area contributed by atoms with Crippen LogP contribution in [0.4, 0.5) is 4.39 Å². The monoisotopic (exact) mass is 443 g/mol. The van der Waals surface area contributed by atoms with Gasteiger partial charge >= 0.3 is 0 Å². The van der Waals surface area contributed by atoms with E-state index in [9.17, 15) is 14.0 Å². The predicted octanol–water partition coefficient (Wildman–Crippen LogP) is 4.92. The first-order valence-corrected chi connectivity index (χ1v) is 10.9. The van der Waals surface area contributed by atoms with E-state index in [0.717, 1.165) is 33.3 Å². The van der Waals surface area contributed by atoms with E-state index < -0.39 is 0 Å². The zero-order valence-electron chi connectivity index (χ0n) is 18.9. The van der Waals surface area contributed by atoms with Crippen LogP contribution in [0.15, 0.2) is 60.7 Å². The number of benzene rings is 3. The second-order valence-corrected chi connectivity index (χ2v) is 8.09. The summed E-state index contributed by atoms with van der Waals surface area (Å²) in [6.07, 6.45) is 0.603. The number of amides is 2. The normalized spacial score (nSPS) is 10.9. The summed E-state index contributed by atoms with van der Waals surface area (Å²) in [6, 6.07) is 17.9. The number of aromatic amines is 1. The van der Waals surface area contributed by atoms with Gasteiger partial charge in [-0.15, -0.1) is 0 Å². The van der Waals surface area contributed by atoms with Crippen molar-refractivity contribution in [2.75, 3.05) is 13.6 Å². The molecule has 5 nitrogen and oxygen atoms in total. The Labute approximate surface area is 192 Å². The van der Waals surface area contributed by atoms with E-state index in [1.165, 1.54) is 6.07 Å². The molecule has 33 heavy (non-hydrogen) atoms. The van der Waals surface area contributed by atoms with Crippen molar-refractivity contribution in [3.05, 3.63) is 94.4 Å². The lowest BCUT2D eigenvalue weighted by Gasteiger charge is -2.08. The quantitative estimate of drug-likeness (QED) is 0.396. The fourth-order valence-corrected chi connectivity index (χ4v) is 4.16. The zero-order valence-corrected chi connectivity index (χ0v) is 18.9. The molecule has 0 saturated carbocycles. The molecule has 0 atom stereocenters. The number of hydrogen-bond acceptors (Lipinski definition) is 2. The summed E-state index contributed by atoms with van der Waals surface area (Å²) in [5.41, 5.74) is 6.42. The van der Waals surface area contributed by atoms with Gasteiger partial charge in [0.2, 0.25) is 0 Å². The fourth-order valence-electron chi connectivity index (χ4n) is 4.16. The average Bonchev–Trinajstić information content (AvgIpc) is 3.18. The van der Waals surface area contributed by atoms with Crippen molar-refractivity contribution < 1.29 is 14.0 Å². The van der Waals surface area contributed by atoms with Crippen LogP contribution in [-0.4, -0.2) is 30.4 Å². The number of nitrogens with one attached hydrogen (secondary N) is 3. The number of carbonyl (C=O) groups is 2. The third-order valence-electron chi connectivity index (χ3n) is 5.92. The van der Waals surface area contributed by atoms with Gasteiger partial charge in [-0.3, -0.25) is 9.59 Å². The first-order valence-electron chi connectivity index (χ1n) is 10.9. The van der Waals surface area contributed by atoms with E-state index in [0.29, 0.717) is 29.6 Å². The molecular weight excluding hydrogens is 417 g/mol. The third-order valence-corrected chi connectivity index (χ3v) is 5.92. The molecule has 0 fully saturated rings. The molecule has 0 unspecified atom stereocenters. The maximum Gasteiger partial charge on any atom is 0.251 e. The smallest absolute Gasteiger partial charge is 0.251 e. The molecule has 4 rings (SSSR count). The number of H-pyrrole nitrogens is 1. The number of halogens is 1. The van der Waals surface area contributed by atoms with E-state index in [2.05, 4.69) is 15.6 Å². The van der Waals surface area contributed by atoms with Gasteiger partial charge in [0.25, 0.3) is 11.8 Å². The van der Waals surface area contributed by atoms with Gasteiger partial charge in [0, 0.05) is 35.8 Å². The minimum atomic E-state index is -0.269. The van der Waals surface area contributed by atoms with Gasteiger partial charge < -0.3 is 15.6 Å². The van der Waals surface area contributed by atoms with Crippen LogP contribution in [0.5, 0.6) is 0 Å². The summed E-state index contributed by atoms with van der Waals surface area (Å²) in [7, 11) is 1.60. The van der Waals surface area contributed by atoms with Crippen LogP contribution in [-0.2, 0) is 6.42 Å². The Morgan fingerprint density at radius 3 is 2.39 bits per heavy atom. The lowest BCUT2D eigenvalue weighted by Crippen LogP contribution is -2.25. The second-order valence-electron chi connectivity index (χ2n) is 8.09. The van der Waals surface area contributed by atoms with Crippen LogP contribution < -0.4 is 10.6 Å². The van der Waals surface area contributed by atoms with E-state index >= 15 is 0 Å². The number of hydrogen-bond donors (Lipinski definition) is 3. The van der Waals surface area contributed by atoms with Gasteiger partial charge in [-0.05, 0) is 72.9 Å².